The molecule has 3 heterocycles. The van der Waals surface area contributed by atoms with Crippen LogP contribution in [0, 0.1) is 0 Å². The fraction of sp³-hybridized carbons (Fsp3) is 0.409. The second-order valence-corrected chi connectivity index (χ2v) is 7.57. The van der Waals surface area contributed by atoms with Crippen LogP contribution in [0.5, 0.6) is 0 Å². The lowest BCUT2D eigenvalue weighted by atomic mass is 10.0. The highest BCUT2D eigenvalue weighted by molar-refractivity contribution is 5.96. The van der Waals surface area contributed by atoms with E-state index in [1.807, 2.05) is 23.1 Å². The van der Waals surface area contributed by atoms with Gasteiger partial charge in [0, 0.05) is 37.2 Å². The summed E-state index contributed by atoms with van der Waals surface area (Å²) in [4.78, 5) is 33.4. The van der Waals surface area contributed by atoms with Crippen molar-refractivity contribution in [3.8, 4) is 0 Å². The predicted molar refractivity (Wildman–Crippen MR) is 108 cm³/mol. The Balaban J connectivity index is 1.35. The summed E-state index contributed by atoms with van der Waals surface area (Å²) in [7, 11) is 0. The number of piperidine rings is 1. The minimum absolute atomic E-state index is 0.0582. The van der Waals surface area contributed by atoms with Gasteiger partial charge >= 0.3 is 0 Å². The van der Waals surface area contributed by atoms with Crippen molar-refractivity contribution < 1.29 is 9.59 Å². The lowest BCUT2D eigenvalue weighted by Crippen LogP contribution is -2.51. The van der Waals surface area contributed by atoms with E-state index >= 15 is 0 Å². The van der Waals surface area contributed by atoms with Crippen LogP contribution < -0.4 is 10.2 Å². The summed E-state index contributed by atoms with van der Waals surface area (Å²) in [6.45, 7) is 2.77. The molecule has 2 aliphatic heterocycles. The normalized spacial score (nSPS) is 19.7. The minimum Gasteiger partial charge on any atom is -0.348 e. The topological polar surface area (TPSA) is 65.5 Å². The third-order valence-electron chi connectivity index (χ3n) is 5.53. The Morgan fingerprint density at radius 2 is 2.00 bits per heavy atom. The Labute approximate surface area is 165 Å². The molecule has 0 radical (unpaired) electrons. The maximum absolute atomic E-state index is 13.0. The zero-order chi connectivity index (χ0) is 19.3. The van der Waals surface area contributed by atoms with Gasteiger partial charge in [-0.1, -0.05) is 18.2 Å². The molecule has 28 heavy (non-hydrogen) atoms. The van der Waals surface area contributed by atoms with Crippen molar-refractivity contribution in [2.45, 2.75) is 31.7 Å². The number of rotatable bonds is 4. The van der Waals surface area contributed by atoms with Crippen LogP contribution in [0.25, 0.3) is 0 Å². The molecule has 0 spiro atoms. The van der Waals surface area contributed by atoms with Gasteiger partial charge in [-0.25, -0.2) is 0 Å². The van der Waals surface area contributed by atoms with Crippen molar-refractivity contribution in [1.29, 1.82) is 0 Å². The zero-order valence-corrected chi connectivity index (χ0v) is 16.0. The third kappa shape index (κ3) is 4.22. The van der Waals surface area contributed by atoms with Gasteiger partial charge in [0.25, 0.3) is 5.91 Å². The molecule has 0 aliphatic carbocycles. The molecule has 0 bridgehead atoms. The minimum atomic E-state index is -0.101. The number of nitrogens with zero attached hydrogens (tertiary/aromatic N) is 3. The molecule has 2 aliphatic rings. The van der Waals surface area contributed by atoms with E-state index in [1.165, 1.54) is 5.56 Å². The predicted octanol–water partition coefficient (Wildman–Crippen LogP) is 2.26. The van der Waals surface area contributed by atoms with Crippen LogP contribution in [0.1, 0.15) is 35.2 Å². The number of carbonyl (C=O) groups excluding carboxylic acids is 2. The number of aromatic nitrogens is 1. The highest BCUT2D eigenvalue weighted by Gasteiger charge is 2.27. The van der Waals surface area contributed by atoms with Gasteiger partial charge in [-0.15, -0.1) is 0 Å². The van der Waals surface area contributed by atoms with Crippen LogP contribution in [0.4, 0.5) is 5.69 Å². The highest BCUT2D eigenvalue weighted by Crippen LogP contribution is 2.27. The highest BCUT2D eigenvalue weighted by atomic mass is 16.2. The SMILES string of the molecule is O=C(NC1CCCN(CC(=O)N2CCCc3ccccc32)C1)c1cccnc1. The molecule has 0 saturated carbocycles. The Hall–Kier alpha value is -2.73. The molecule has 1 unspecified atom stereocenters. The molecule has 4 rings (SSSR count). The molecular weight excluding hydrogens is 352 g/mol. The first-order valence-corrected chi connectivity index (χ1v) is 10.0. The Morgan fingerprint density at radius 3 is 2.86 bits per heavy atom. The van der Waals surface area contributed by atoms with Gasteiger partial charge in [0.2, 0.25) is 5.91 Å². The fourth-order valence-corrected chi connectivity index (χ4v) is 4.15. The van der Waals surface area contributed by atoms with Crippen molar-refractivity contribution in [3.05, 3.63) is 59.9 Å². The number of benzene rings is 1. The van der Waals surface area contributed by atoms with Crippen LogP contribution >= 0.6 is 0 Å². The zero-order valence-electron chi connectivity index (χ0n) is 16.0. The quantitative estimate of drug-likeness (QED) is 0.886. The molecule has 1 fully saturated rings. The number of pyridine rings is 1. The van der Waals surface area contributed by atoms with E-state index < -0.39 is 0 Å². The van der Waals surface area contributed by atoms with Gasteiger partial charge in [-0.2, -0.15) is 0 Å². The summed E-state index contributed by atoms with van der Waals surface area (Å²) in [5.41, 5.74) is 2.88. The molecule has 1 N–H and O–H groups in total. The van der Waals surface area contributed by atoms with E-state index in [2.05, 4.69) is 21.3 Å². The summed E-state index contributed by atoms with van der Waals surface area (Å²) >= 11 is 0. The molecule has 1 atom stereocenters. The van der Waals surface area contributed by atoms with Crippen molar-refractivity contribution in [1.82, 2.24) is 15.2 Å². The average Bonchev–Trinajstić information content (AvgIpc) is 2.74. The maximum atomic E-state index is 13.0. The number of aryl methyl sites for hydroxylation is 1. The van der Waals surface area contributed by atoms with Crippen LogP contribution in [0.2, 0.25) is 0 Å². The number of hydrogen-bond acceptors (Lipinski definition) is 4. The second-order valence-electron chi connectivity index (χ2n) is 7.57. The lowest BCUT2D eigenvalue weighted by Gasteiger charge is -2.35. The first-order chi connectivity index (χ1) is 13.7. The molecule has 6 nitrogen and oxygen atoms in total. The van der Waals surface area contributed by atoms with E-state index in [0.29, 0.717) is 18.7 Å². The smallest absolute Gasteiger partial charge is 0.253 e. The molecule has 1 saturated heterocycles. The number of para-hydroxylation sites is 1. The van der Waals surface area contributed by atoms with Gasteiger partial charge in [0.15, 0.2) is 0 Å². The first kappa shape index (κ1) is 18.6. The molecule has 2 aromatic rings. The first-order valence-electron chi connectivity index (χ1n) is 10.0. The summed E-state index contributed by atoms with van der Waals surface area (Å²) in [6.07, 6.45) is 7.18. The van der Waals surface area contributed by atoms with Crippen molar-refractivity contribution in [2.24, 2.45) is 0 Å². The summed E-state index contributed by atoms with van der Waals surface area (Å²) < 4.78 is 0. The Bertz CT molecular complexity index is 839. The van der Waals surface area contributed by atoms with Gasteiger partial charge in [-0.3, -0.25) is 19.5 Å². The Kier molecular flexibility index (Phi) is 5.67. The summed E-state index contributed by atoms with van der Waals surface area (Å²) in [6, 6.07) is 11.8. The van der Waals surface area contributed by atoms with Gasteiger partial charge in [-0.05, 0) is 56.0 Å². The number of fused-ring (bicyclic) bond motifs is 1. The monoisotopic (exact) mass is 378 g/mol. The summed E-state index contributed by atoms with van der Waals surface area (Å²) in [5.74, 6) is 0.0441. The summed E-state index contributed by atoms with van der Waals surface area (Å²) in [5, 5.41) is 3.09. The van der Waals surface area contributed by atoms with E-state index in [-0.39, 0.29) is 17.9 Å². The van der Waals surface area contributed by atoms with E-state index in [0.717, 1.165) is 44.5 Å². The van der Waals surface area contributed by atoms with Crippen molar-refractivity contribution >= 4 is 17.5 Å². The average molecular weight is 378 g/mol. The third-order valence-corrected chi connectivity index (χ3v) is 5.53. The number of nitrogens with one attached hydrogen (secondary N) is 1. The second kappa shape index (κ2) is 8.52. The van der Waals surface area contributed by atoms with Crippen LogP contribution in [-0.2, 0) is 11.2 Å². The number of hydrogen-bond donors (Lipinski definition) is 1. The number of amides is 2. The molecule has 2 amide bonds. The van der Waals surface area contributed by atoms with Crippen LogP contribution in [0.15, 0.2) is 48.8 Å². The molecule has 146 valence electrons. The molecule has 6 heteroatoms. The number of anilines is 1. The van der Waals surface area contributed by atoms with Crippen molar-refractivity contribution in [3.63, 3.8) is 0 Å². The van der Waals surface area contributed by atoms with E-state index in [4.69, 9.17) is 0 Å². The molecule has 1 aromatic carbocycles. The maximum Gasteiger partial charge on any atom is 0.253 e. The van der Waals surface area contributed by atoms with Gasteiger partial charge < -0.3 is 10.2 Å². The standard InChI is InChI=1S/C22H26N4O2/c27-21(26-13-4-8-17-6-1-2-10-20(17)26)16-25-12-5-9-19(15-25)24-22(28)18-7-3-11-23-14-18/h1-3,6-7,10-11,14,19H,4-5,8-9,12-13,15-16H2,(H,24,28). The van der Waals surface area contributed by atoms with Crippen LogP contribution in [-0.4, -0.2) is 53.9 Å². The van der Waals surface area contributed by atoms with Crippen LogP contribution in [0.3, 0.4) is 0 Å². The molecular formula is C22H26N4O2. The van der Waals surface area contributed by atoms with E-state index in [9.17, 15) is 9.59 Å². The number of carbonyl (C=O) groups is 2. The number of likely N-dealkylation sites (tertiary alicyclic amines) is 1. The Morgan fingerprint density at radius 1 is 1.11 bits per heavy atom. The largest absolute Gasteiger partial charge is 0.348 e. The van der Waals surface area contributed by atoms with Gasteiger partial charge in [0.1, 0.15) is 0 Å². The fourth-order valence-electron chi connectivity index (χ4n) is 4.15. The van der Waals surface area contributed by atoms with E-state index in [1.54, 1.807) is 24.5 Å². The molecule has 1 aromatic heterocycles. The van der Waals surface area contributed by atoms with Gasteiger partial charge in [0.05, 0.1) is 12.1 Å². The lowest BCUT2D eigenvalue weighted by molar-refractivity contribution is -0.120. The van der Waals surface area contributed by atoms with Crippen molar-refractivity contribution in [2.75, 3.05) is 31.1 Å².